The summed E-state index contributed by atoms with van der Waals surface area (Å²) >= 11 is 0. The summed E-state index contributed by atoms with van der Waals surface area (Å²) in [5, 5.41) is 29.1. The number of benzene rings is 2. The zero-order valence-electron chi connectivity index (χ0n) is 16.8. The molecule has 4 heteroatoms. The van der Waals surface area contributed by atoms with Gasteiger partial charge in [0, 0.05) is 17.3 Å². The van der Waals surface area contributed by atoms with Gasteiger partial charge in [-0.2, -0.15) is 5.10 Å². The fourth-order valence-electron chi connectivity index (χ4n) is 3.68. The van der Waals surface area contributed by atoms with Crippen molar-refractivity contribution in [3.63, 3.8) is 0 Å². The van der Waals surface area contributed by atoms with Crippen LogP contribution in [-0.4, -0.2) is 20.4 Å². The van der Waals surface area contributed by atoms with Crippen molar-refractivity contribution in [3.05, 3.63) is 59.9 Å². The lowest BCUT2D eigenvalue weighted by molar-refractivity contribution is 0.454. The summed E-state index contributed by atoms with van der Waals surface area (Å²) in [5.74, 6) is 0.172. The summed E-state index contributed by atoms with van der Waals surface area (Å²) in [4.78, 5) is 0. The molecule has 3 aromatic rings. The van der Waals surface area contributed by atoms with Crippen LogP contribution in [0.5, 0.6) is 11.5 Å². The lowest BCUT2D eigenvalue weighted by Crippen LogP contribution is -1.96. The zero-order valence-corrected chi connectivity index (χ0v) is 16.8. The summed E-state index contributed by atoms with van der Waals surface area (Å²) in [6.45, 7) is 10.1. The Hall–Kier alpha value is -3.01. The van der Waals surface area contributed by atoms with Gasteiger partial charge in [-0.1, -0.05) is 55.7 Å². The van der Waals surface area contributed by atoms with Gasteiger partial charge >= 0.3 is 0 Å². The number of nitrogens with zero attached hydrogens (tertiary/aromatic N) is 1. The molecule has 0 atom stereocenters. The fourth-order valence-corrected chi connectivity index (χ4v) is 3.68. The first-order valence-electron chi connectivity index (χ1n) is 9.77. The minimum Gasteiger partial charge on any atom is -0.507 e. The maximum atomic E-state index is 11.3. The van der Waals surface area contributed by atoms with Gasteiger partial charge in [0.05, 0.1) is 11.8 Å². The molecule has 0 saturated heterocycles. The van der Waals surface area contributed by atoms with Gasteiger partial charge in [0.1, 0.15) is 11.5 Å². The Labute approximate surface area is 166 Å². The number of aryl methyl sites for hydroxylation is 2. The summed E-state index contributed by atoms with van der Waals surface area (Å²) < 4.78 is 0. The average Bonchev–Trinajstić information content (AvgIpc) is 3.15. The van der Waals surface area contributed by atoms with Crippen LogP contribution in [0.25, 0.3) is 27.8 Å². The molecule has 0 saturated carbocycles. The van der Waals surface area contributed by atoms with E-state index in [4.69, 9.17) is 0 Å². The van der Waals surface area contributed by atoms with E-state index < -0.39 is 0 Å². The molecule has 3 N–H and O–H groups in total. The number of unbranched alkanes of at least 4 members (excludes halogenated alkanes) is 2. The highest BCUT2D eigenvalue weighted by atomic mass is 16.3. The van der Waals surface area contributed by atoms with Gasteiger partial charge in [-0.25, -0.2) is 0 Å². The molecule has 0 aliphatic rings. The van der Waals surface area contributed by atoms with Gasteiger partial charge in [0.2, 0.25) is 0 Å². The number of aromatic amines is 1. The highest BCUT2D eigenvalue weighted by molar-refractivity contribution is 5.92. The SMILES string of the molecule is C=C(C)c1ccc(C)cc1-c1c(O)cc(CCCCC)c(-c2cn[nH]c2)c1O. The Bertz CT molecular complexity index is 988. The molecule has 3 rings (SSSR count). The second kappa shape index (κ2) is 8.34. The lowest BCUT2D eigenvalue weighted by atomic mass is 9.87. The second-order valence-corrected chi connectivity index (χ2v) is 7.43. The molecule has 0 radical (unpaired) electrons. The van der Waals surface area contributed by atoms with E-state index in [-0.39, 0.29) is 11.5 Å². The molecule has 1 aromatic heterocycles. The van der Waals surface area contributed by atoms with Crippen LogP contribution in [0.15, 0.2) is 43.2 Å². The molecular formula is C24H28N2O2. The van der Waals surface area contributed by atoms with E-state index in [1.165, 1.54) is 0 Å². The molecule has 0 amide bonds. The maximum absolute atomic E-state index is 11.3. The highest BCUT2D eigenvalue weighted by Crippen LogP contribution is 2.48. The first-order chi connectivity index (χ1) is 13.4. The van der Waals surface area contributed by atoms with Gasteiger partial charge in [0.15, 0.2) is 0 Å². The first kappa shape index (κ1) is 19.7. The van der Waals surface area contributed by atoms with Crippen LogP contribution >= 0.6 is 0 Å². The maximum Gasteiger partial charge on any atom is 0.135 e. The molecule has 0 spiro atoms. The first-order valence-corrected chi connectivity index (χ1v) is 9.77. The summed E-state index contributed by atoms with van der Waals surface area (Å²) in [6, 6.07) is 7.77. The molecular weight excluding hydrogens is 348 g/mol. The van der Waals surface area contributed by atoms with Crippen molar-refractivity contribution in [1.82, 2.24) is 10.2 Å². The van der Waals surface area contributed by atoms with Crippen LogP contribution in [-0.2, 0) is 6.42 Å². The Morgan fingerprint density at radius 3 is 2.57 bits per heavy atom. The average molecular weight is 376 g/mol. The van der Waals surface area contributed by atoms with Crippen LogP contribution in [0.2, 0.25) is 0 Å². The molecule has 1 heterocycles. The van der Waals surface area contributed by atoms with E-state index in [1.54, 1.807) is 18.5 Å². The van der Waals surface area contributed by atoms with Gasteiger partial charge in [-0.3, -0.25) is 5.10 Å². The Morgan fingerprint density at radius 1 is 1.14 bits per heavy atom. The largest absolute Gasteiger partial charge is 0.507 e. The third-order valence-electron chi connectivity index (χ3n) is 5.10. The third kappa shape index (κ3) is 3.81. The predicted octanol–water partition coefficient (Wildman–Crippen LogP) is 6.23. The molecule has 4 nitrogen and oxygen atoms in total. The minimum absolute atomic E-state index is 0.0843. The standard InChI is InChI=1S/C24H28N2O2/c1-5-6-7-8-17-12-21(27)23(24(28)22(17)18-13-25-26-14-18)20-11-16(4)9-10-19(20)15(2)3/h9-14,27-28H,2,5-8H2,1,3-4H3,(H,25,26). The van der Waals surface area contributed by atoms with E-state index in [0.29, 0.717) is 5.56 Å². The minimum atomic E-state index is 0.0843. The highest BCUT2D eigenvalue weighted by Gasteiger charge is 2.22. The number of phenolic OH excluding ortho intramolecular Hbond substituents is 2. The van der Waals surface area contributed by atoms with Crippen LogP contribution in [0.3, 0.4) is 0 Å². The van der Waals surface area contributed by atoms with Crippen LogP contribution < -0.4 is 0 Å². The smallest absolute Gasteiger partial charge is 0.135 e. The molecule has 0 aliphatic carbocycles. The van der Waals surface area contributed by atoms with Crippen molar-refractivity contribution < 1.29 is 10.2 Å². The van der Waals surface area contributed by atoms with Gasteiger partial charge in [-0.05, 0) is 49.4 Å². The third-order valence-corrected chi connectivity index (χ3v) is 5.10. The van der Waals surface area contributed by atoms with Crippen molar-refractivity contribution in [2.45, 2.75) is 46.5 Å². The van der Waals surface area contributed by atoms with Gasteiger partial charge in [0.25, 0.3) is 0 Å². The van der Waals surface area contributed by atoms with E-state index in [1.807, 2.05) is 32.0 Å². The molecule has 0 bridgehead atoms. The summed E-state index contributed by atoms with van der Waals surface area (Å²) in [5.41, 5.74) is 6.54. The monoisotopic (exact) mass is 376 g/mol. The van der Waals surface area contributed by atoms with E-state index in [0.717, 1.165) is 64.6 Å². The Kier molecular flexibility index (Phi) is 5.88. The molecule has 2 aromatic carbocycles. The van der Waals surface area contributed by atoms with E-state index >= 15 is 0 Å². The van der Waals surface area contributed by atoms with Crippen molar-refractivity contribution in [2.75, 3.05) is 0 Å². The number of rotatable bonds is 7. The number of phenols is 2. The molecule has 0 aliphatic heterocycles. The number of allylic oxidation sites excluding steroid dienone is 1. The van der Waals surface area contributed by atoms with Gasteiger partial charge < -0.3 is 10.2 Å². The molecule has 28 heavy (non-hydrogen) atoms. The van der Waals surface area contributed by atoms with Crippen LogP contribution in [0.4, 0.5) is 0 Å². The van der Waals surface area contributed by atoms with Crippen molar-refractivity contribution in [1.29, 1.82) is 0 Å². The topological polar surface area (TPSA) is 69.1 Å². The number of aromatic nitrogens is 2. The molecule has 0 unspecified atom stereocenters. The number of hydrogen-bond acceptors (Lipinski definition) is 3. The van der Waals surface area contributed by atoms with Crippen molar-refractivity contribution in [3.8, 4) is 33.8 Å². The lowest BCUT2D eigenvalue weighted by Gasteiger charge is -2.19. The quantitative estimate of drug-likeness (QED) is 0.428. The summed E-state index contributed by atoms with van der Waals surface area (Å²) in [7, 11) is 0. The molecule has 0 fully saturated rings. The fraction of sp³-hybridized carbons (Fsp3) is 0.292. The zero-order chi connectivity index (χ0) is 20.3. The van der Waals surface area contributed by atoms with Crippen LogP contribution in [0, 0.1) is 6.92 Å². The number of nitrogens with one attached hydrogen (secondary N) is 1. The summed E-state index contributed by atoms with van der Waals surface area (Å²) in [6.07, 6.45) is 7.48. The number of aromatic hydroxyl groups is 2. The van der Waals surface area contributed by atoms with Gasteiger partial charge in [-0.15, -0.1) is 0 Å². The normalized spacial score (nSPS) is 11.0. The van der Waals surface area contributed by atoms with Crippen molar-refractivity contribution >= 4 is 5.57 Å². The Morgan fingerprint density at radius 2 is 1.93 bits per heavy atom. The predicted molar refractivity (Wildman–Crippen MR) is 115 cm³/mol. The second-order valence-electron chi connectivity index (χ2n) is 7.43. The number of hydrogen-bond donors (Lipinski definition) is 3. The van der Waals surface area contributed by atoms with E-state index in [9.17, 15) is 10.2 Å². The van der Waals surface area contributed by atoms with E-state index in [2.05, 4.69) is 23.7 Å². The van der Waals surface area contributed by atoms with Crippen LogP contribution in [0.1, 0.15) is 49.8 Å². The Balaban J connectivity index is 2.26. The molecule has 146 valence electrons. The van der Waals surface area contributed by atoms with Crippen molar-refractivity contribution in [2.24, 2.45) is 0 Å². The number of H-pyrrole nitrogens is 1.